The van der Waals surface area contributed by atoms with Crippen LogP contribution in [0, 0.1) is 11.8 Å². The minimum Gasteiger partial charge on any atom is -0.323 e. The monoisotopic (exact) mass is 247 g/mol. The highest BCUT2D eigenvalue weighted by molar-refractivity contribution is 7.12. The van der Waals surface area contributed by atoms with Gasteiger partial charge in [0.1, 0.15) is 0 Å². The van der Waals surface area contributed by atoms with Crippen LogP contribution in [0.2, 0.25) is 0 Å². The first-order valence-electron chi connectivity index (χ1n) is 6.58. The molecule has 1 aromatic heterocycles. The molecule has 0 bridgehead atoms. The number of aryl methyl sites for hydroxylation is 2. The van der Waals surface area contributed by atoms with E-state index in [1.54, 1.807) is 10.4 Å². The van der Waals surface area contributed by atoms with E-state index < -0.39 is 0 Å². The Morgan fingerprint density at radius 3 is 3.00 bits per heavy atom. The fourth-order valence-electron chi connectivity index (χ4n) is 2.37. The molecule has 17 heavy (non-hydrogen) atoms. The lowest BCUT2D eigenvalue weighted by atomic mass is 10.1. The Labute approximate surface area is 108 Å². The first-order valence-corrected chi connectivity index (χ1v) is 7.39. The fraction of sp³-hybridized carbons (Fsp3) is 0.600. The van der Waals surface area contributed by atoms with Gasteiger partial charge in [0.25, 0.3) is 0 Å². The van der Waals surface area contributed by atoms with E-state index in [1.165, 1.54) is 37.0 Å². The molecule has 0 aromatic carbocycles. The second kappa shape index (κ2) is 6.23. The molecule has 0 saturated carbocycles. The maximum absolute atomic E-state index is 6.23. The van der Waals surface area contributed by atoms with E-state index in [4.69, 9.17) is 5.73 Å². The molecule has 1 unspecified atom stereocenters. The van der Waals surface area contributed by atoms with Crippen molar-refractivity contribution in [3.8, 4) is 11.8 Å². The molecular weight excluding hydrogens is 226 g/mol. The summed E-state index contributed by atoms with van der Waals surface area (Å²) < 4.78 is 0. The summed E-state index contributed by atoms with van der Waals surface area (Å²) in [5.41, 5.74) is 7.80. The number of hydrogen-bond acceptors (Lipinski definition) is 2. The maximum Gasteiger partial charge on any atom is 0.0399 e. The molecule has 1 nitrogen and oxygen atoms in total. The summed E-state index contributed by atoms with van der Waals surface area (Å²) in [5.74, 6) is 6.02. The van der Waals surface area contributed by atoms with Crippen LogP contribution in [0.25, 0.3) is 0 Å². The van der Waals surface area contributed by atoms with Crippen LogP contribution in [0.3, 0.4) is 0 Å². The number of thiophene rings is 1. The Morgan fingerprint density at radius 1 is 1.35 bits per heavy atom. The summed E-state index contributed by atoms with van der Waals surface area (Å²) in [6.07, 6.45) is 8.51. The average Bonchev–Trinajstić information content (AvgIpc) is 2.61. The number of rotatable bonds is 3. The van der Waals surface area contributed by atoms with Crippen molar-refractivity contribution in [3.05, 3.63) is 21.4 Å². The lowest BCUT2D eigenvalue weighted by Crippen LogP contribution is -2.07. The van der Waals surface area contributed by atoms with Gasteiger partial charge in [0.2, 0.25) is 0 Å². The van der Waals surface area contributed by atoms with E-state index in [9.17, 15) is 0 Å². The zero-order valence-corrected chi connectivity index (χ0v) is 11.4. The van der Waals surface area contributed by atoms with Crippen molar-refractivity contribution in [3.63, 3.8) is 0 Å². The van der Waals surface area contributed by atoms with Gasteiger partial charge in [-0.2, -0.15) is 0 Å². The van der Waals surface area contributed by atoms with Crippen molar-refractivity contribution in [1.29, 1.82) is 0 Å². The SMILES string of the molecule is CC#CCCC(N)c1cc2c(s1)CCCCC2. The Bertz CT molecular complexity index is 398. The van der Waals surface area contributed by atoms with E-state index in [0.29, 0.717) is 0 Å². The molecule has 0 radical (unpaired) electrons. The third-order valence-electron chi connectivity index (χ3n) is 3.39. The molecule has 2 heteroatoms. The van der Waals surface area contributed by atoms with Crippen LogP contribution in [-0.4, -0.2) is 0 Å². The van der Waals surface area contributed by atoms with Crippen molar-refractivity contribution >= 4 is 11.3 Å². The van der Waals surface area contributed by atoms with E-state index in [0.717, 1.165) is 12.8 Å². The number of nitrogens with two attached hydrogens (primary N) is 1. The summed E-state index contributed by atoms with van der Waals surface area (Å²) in [5, 5.41) is 0. The van der Waals surface area contributed by atoms with Gasteiger partial charge in [-0.25, -0.2) is 0 Å². The van der Waals surface area contributed by atoms with Crippen LogP contribution in [-0.2, 0) is 12.8 Å². The first-order chi connectivity index (χ1) is 8.31. The lowest BCUT2D eigenvalue weighted by molar-refractivity contribution is 0.677. The molecule has 1 aliphatic carbocycles. The minimum absolute atomic E-state index is 0.188. The van der Waals surface area contributed by atoms with Gasteiger partial charge in [0, 0.05) is 22.2 Å². The van der Waals surface area contributed by atoms with E-state index in [-0.39, 0.29) is 6.04 Å². The van der Waals surface area contributed by atoms with Crippen molar-refractivity contribution in [2.75, 3.05) is 0 Å². The summed E-state index contributed by atoms with van der Waals surface area (Å²) >= 11 is 1.94. The van der Waals surface area contributed by atoms with Gasteiger partial charge in [-0.1, -0.05) is 6.42 Å². The van der Waals surface area contributed by atoms with Crippen molar-refractivity contribution in [2.45, 2.75) is 57.9 Å². The molecule has 0 fully saturated rings. The van der Waals surface area contributed by atoms with Crippen LogP contribution in [0.5, 0.6) is 0 Å². The van der Waals surface area contributed by atoms with Gasteiger partial charge >= 0.3 is 0 Å². The topological polar surface area (TPSA) is 26.0 Å². The Morgan fingerprint density at radius 2 is 2.18 bits per heavy atom. The largest absolute Gasteiger partial charge is 0.323 e. The second-order valence-corrected chi connectivity index (χ2v) is 5.90. The zero-order chi connectivity index (χ0) is 12.1. The van der Waals surface area contributed by atoms with Crippen LogP contribution in [0.1, 0.15) is 60.4 Å². The van der Waals surface area contributed by atoms with Gasteiger partial charge in [-0.15, -0.1) is 23.2 Å². The Balaban J connectivity index is 2.03. The number of fused-ring (bicyclic) bond motifs is 1. The highest BCUT2D eigenvalue weighted by atomic mass is 32.1. The molecular formula is C15H21NS. The maximum atomic E-state index is 6.23. The predicted octanol–water partition coefficient (Wildman–Crippen LogP) is 3.82. The molecule has 0 saturated heterocycles. The molecule has 0 aliphatic heterocycles. The summed E-state index contributed by atoms with van der Waals surface area (Å²) in [6.45, 7) is 1.89. The zero-order valence-electron chi connectivity index (χ0n) is 10.6. The van der Waals surface area contributed by atoms with Crippen LogP contribution in [0.15, 0.2) is 6.07 Å². The predicted molar refractivity (Wildman–Crippen MR) is 75.2 cm³/mol. The van der Waals surface area contributed by atoms with Crippen LogP contribution < -0.4 is 5.73 Å². The van der Waals surface area contributed by atoms with Gasteiger partial charge in [-0.05, 0) is 50.7 Å². The fourth-order valence-corrected chi connectivity index (χ4v) is 3.66. The molecule has 2 rings (SSSR count). The quantitative estimate of drug-likeness (QED) is 0.638. The second-order valence-electron chi connectivity index (χ2n) is 4.73. The number of hydrogen-bond donors (Lipinski definition) is 1. The van der Waals surface area contributed by atoms with Gasteiger partial charge in [0.05, 0.1) is 0 Å². The standard InChI is InChI=1S/C15H21NS/c1-2-3-5-9-13(16)15-11-12-8-6-4-7-10-14(12)17-15/h11,13H,4-10,16H2,1H3. The molecule has 1 atom stereocenters. The Hall–Kier alpha value is -0.780. The van der Waals surface area contributed by atoms with Crippen molar-refractivity contribution in [1.82, 2.24) is 0 Å². The average molecular weight is 247 g/mol. The lowest BCUT2D eigenvalue weighted by Gasteiger charge is -2.06. The highest BCUT2D eigenvalue weighted by Gasteiger charge is 2.15. The molecule has 2 N–H and O–H groups in total. The van der Waals surface area contributed by atoms with Gasteiger partial charge in [-0.3, -0.25) is 0 Å². The summed E-state index contributed by atoms with van der Waals surface area (Å²) in [7, 11) is 0. The molecule has 1 aromatic rings. The van der Waals surface area contributed by atoms with Gasteiger partial charge < -0.3 is 5.73 Å². The van der Waals surface area contributed by atoms with E-state index in [2.05, 4.69) is 17.9 Å². The highest BCUT2D eigenvalue weighted by Crippen LogP contribution is 2.32. The van der Waals surface area contributed by atoms with Crippen LogP contribution >= 0.6 is 11.3 Å². The van der Waals surface area contributed by atoms with Crippen LogP contribution in [0.4, 0.5) is 0 Å². The molecule has 0 amide bonds. The molecule has 1 aliphatic rings. The van der Waals surface area contributed by atoms with Gasteiger partial charge in [0.15, 0.2) is 0 Å². The van der Waals surface area contributed by atoms with E-state index in [1.807, 2.05) is 18.3 Å². The minimum atomic E-state index is 0.188. The smallest absolute Gasteiger partial charge is 0.0399 e. The third kappa shape index (κ3) is 3.34. The van der Waals surface area contributed by atoms with Crippen molar-refractivity contribution in [2.24, 2.45) is 5.73 Å². The summed E-state index contributed by atoms with van der Waals surface area (Å²) in [4.78, 5) is 2.96. The molecule has 0 spiro atoms. The molecule has 92 valence electrons. The first kappa shape index (κ1) is 12.7. The Kier molecular flexibility index (Phi) is 4.65. The third-order valence-corrected chi connectivity index (χ3v) is 4.76. The normalized spacial score (nSPS) is 16.6. The van der Waals surface area contributed by atoms with Crippen molar-refractivity contribution < 1.29 is 0 Å². The molecule has 1 heterocycles. The summed E-state index contributed by atoms with van der Waals surface area (Å²) in [6, 6.07) is 2.54. The van der Waals surface area contributed by atoms with E-state index >= 15 is 0 Å².